The van der Waals surface area contributed by atoms with Gasteiger partial charge in [-0.25, -0.2) is 0 Å². The molecule has 0 N–H and O–H groups in total. The van der Waals surface area contributed by atoms with Crippen LogP contribution in [-0.4, -0.2) is 27.2 Å². The van der Waals surface area contributed by atoms with Gasteiger partial charge in [0.15, 0.2) is 0 Å². The molecular weight excluding hydrogens is 286 g/mol. The molecule has 3 rings (SSSR count). The molecule has 0 amide bonds. The zero-order valence-corrected chi connectivity index (χ0v) is 13.0. The van der Waals surface area contributed by atoms with Gasteiger partial charge in [0.2, 0.25) is 0 Å². The van der Waals surface area contributed by atoms with E-state index < -0.39 is 0 Å². The summed E-state index contributed by atoms with van der Waals surface area (Å²) in [6.45, 7) is 1.08. The quantitative estimate of drug-likeness (QED) is 0.635. The van der Waals surface area contributed by atoms with Crippen molar-refractivity contribution in [1.29, 1.82) is 0 Å². The molecule has 5 heteroatoms. The molecule has 104 valence electrons. The summed E-state index contributed by atoms with van der Waals surface area (Å²) in [7, 11) is 2.15. The van der Waals surface area contributed by atoms with Gasteiger partial charge in [-0.1, -0.05) is 54.2 Å². The number of aromatic nitrogens is 2. The third kappa shape index (κ3) is 3.11. The van der Waals surface area contributed by atoms with Crippen LogP contribution in [0.3, 0.4) is 0 Å². The van der Waals surface area contributed by atoms with Gasteiger partial charge in [0.05, 0.1) is 17.8 Å². The van der Waals surface area contributed by atoms with Gasteiger partial charge in [0.1, 0.15) is 10.7 Å². The fourth-order valence-electron chi connectivity index (χ4n) is 2.28. The molecule has 0 bridgehead atoms. The smallest absolute Gasteiger partial charge is 0.136 e. The predicted molar refractivity (Wildman–Crippen MR) is 85.0 cm³/mol. The van der Waals surface area contributed by atoms with Gasteiger partial charge in [0, 0.05) is 12.3 Å². The van der Waals surface area contributed by atoms with Crippen molar-refractivity contribution in [2.24, 2.45) is 0 Å². The Morgan fingerprint density at radius 2 is 2.15 bits per heavy atom. The zero-order valence-electron chi connectivity index (χ0n) is 11.4. The van der Waals surface area contributed by atoms with E-state index in [1.807, 2.05) is 6.07 Å². The van der Waals surface area contributed by atoms with Gasteiger partial charge in [-0.2, -0.15) is 8.75 Å². The largest absolute Gasteiger partial charge is 0.294 e. The van der Waals surface area contributed by atoms with E-state index >= 15 is 0 Å². The molecule has 0 saturated heterocycles. The van der Waals surface area contributed by atoms with Crippen LogP contribution in [0.4, 0.5) is 0 Å². The van der Waals surface area contributed by atoms with E-state index in [0.29, 0.717) is 0 Å². The number of likely N-dealkylation sites (N-methyl/N-ethyl adjacent to an activating group) is 1. The molecular formula is C15H17N3S2. The Morgan fingerprint density at radius 1 is 1.30 bits per heavy atom. The molecule has 0 saturated carbocycles. The van der Waals surface area contributed by atoms with Crippen molar-refractivity contribution >= 4 is 23.5 Å². The summed E-state index contributed by atoms with van der Waals surface area (Å²) in [6.07, 6.45) is 5.61. The maximum absolute atomic E-state index is 4.52. The van der Waals surface area contributed by atoms with Crippen molar-refractivity contribution < 1.29 is 0 Å². The molecule has 20 heavy (non-hydrogen) atoms. The summed E-state index contributed by atoms with van der Waals surface area (Å²) >= 11 is 3.09. The van der Waals surface area contributed by atoms with Crippen LogP contribution in [0.5, 0.6) is 0 Å². The van der Waals surface area contributed by atoms with Gasteiger partial charge < -0.3 is 0 Å². The molecule has 0 aliphatic carbocycles. The second-order valence-corrected chi connectivity index (χ2v) is 6.36. The topological polar surface area (TPSA) is 29.0 Å². The minimum Gasteiger partial charge on any atom is -0.294 e. The third-order valence-electron chi connectivity index (χ3n) is 3.42. The van der Waals surface area contributed by atoms with Gasteiger partial charge in [-0.15, -0.1) is 0 Å². The van der Waals surface area contributed by atoms with E-state index in [1.54, 1.807) is 11.8 Å². The molecule has 1 aliphatic heterocycles. The van der Waals surface area contributed by atoms with Crippen molar-refractivity contribution in [1.82, 2.24) is 13.6 Å². The first-order valence-electron chi connectivity index (χ1n) is 6.70. The minimum absolute atomic E-state index is 0.278. The van der Waals surface area contributed by atoms with E-state index in [0.717, 1.165) is 29.4 Å². The van der Waals surface area contributed by atoms with Crippen LogP contribution in [0, 0.1) is 0 Å². The highest BCUT2D eigenvalue weighted by molar-refractivity contribution is 7.98. The maximum atomic E-state index is 4.52. The fourth-order valence-corrected chi connectivity index (χ4v) is 3.95. The van der Waals surface area contributed by atoms with Crippen LogP contribution < -0.4 is 0 Å². The Balaban J connectivity index is 1.73. The third-order valence-corrected chi connectivity index (χ3v) is 5.13. The SMILES string of the molecule is CN1CCC=CC1c1nsnc1SCc1ccccc1. The normalized spacial score (nSPS) is 19.4. The predicted octanol–water partition coefficient (Wildman–Crippen LogP) is 3.76. The highest BCUT2D eigenvalue weighted by Gasteiger charge is 2.23. The summed E-state index contributed by atoms with van der Waals surface area (Å²) in [5.74, 6) is 0.944. The van der Waals surface area contributed by atoms with Crippen molar-refractivity contribution in [3.63, 3.8) is 0 Å². The van der Waals surface area contributed by atoms with E-state index in [9.17, 15) is 0 Å². The Morgan fingerprint density at radius 3 is 2.95 bits per heavy atom. The Hall–Kier alpha value is -1.17. The summed E-state index contributed by atoms with van der Waals surface area (Å²) < 4.78 is 8.99. The highest BCUT2D eigenvalue weighted by Crippen LogP contribution is 2.32. The first-order valence-corrected chi connectivity index (χ1v) is 8.42. The van der Waals surface area contributed by atoms with Gasteiger partial charge in [-0.05, 0) is 19.0 Å². The molecule has 1 aromatic carbocycles. The number of thioether (sulfide) groups is 1. The first kappa shape index (κ1) is 13.8. The zero-order chi connectivity index (χ0) is 13.8. The van der Waals surface area contributed by atoms with E-state index in [4.69, 9.17) is 0 Å². The molecule has 2 aromatic rings. The van der Waals surface area contributed by atoms with Crippen LogP contribution in [0.2, 0.25) is 0 Å². The highest BCUT2D eigenvalue weighted by atomic mass is 32.2. The summed E-state index contributed by atoms with van der Waals surface area (Å²) in [5, 5.41) is 1.07. The number of nitrogens with zero attached hydrogens (tertiary/aromatic N) is 3. The van der Waals surface area contributed by atoms with Crippen LogP contribution in [-0.2, 0) is 5.75 Å². The molecule has 3 nitrogen and oxygen atoms in total. The summed E-state index contributed by atoms with van der Waals surface area (Å²) in [6, 6.07) is 10.8. The van der Waals surface area contributed by atoms with Gasteiger partial charge in [-0.3, -0.25) is 4.90 Å². The number of benzene rings is 1. The average Bonchev–Trinajstić information content (AvgIpc) is 2.95. The standard InChI is InChI=1S/C15H17N3S2/c1-18-10-6-5-9-13(18)14-15(17-20-16-14)19-11-12-7-3-2-4-8-12/h2-5,7-9,13H,6,10-11H2,1H3. The monoisotopic (exact) mass is 303 g/mol. The Kier molecular flexibility index (Phi) is 4.50. The van der Waals surface area contributed by atoms with Crippen molar-refractivity contribution in [3.8, 4) is 0 Å². The van der Waals surface area contributed by atoms with Crippen molar-refractivity contribution in [2.45, 2.75) is 23.2 Å². The first-order chi connectivity index (χ1) is 9.84. The van der Waals surface area contributed by atoms with Gasteiger partial charge in [0.25, 0.3) is 0 Å². The lowest BCUT2D eigenvalue weighted by Crippen LogP contribution is -2.27. The molecule has 1 atom stereocenters. The lowest BCUT2D eigenvalue weighted by molar-refractivity contribution is 0.273. The molecule has 1 aliphatic rings. The second kappa shape index (κ2) is 6.52. The minimum atomic E-state index is 0.278. The molecule has 1 aromatic heterocycles. The Labute approximate surface area is 128 Å². The average molecular weight is 303 g/mol. The van der Waals surface area contributed by atoms with Crippen molar-refractivity contribution in [2.75, 3.05) is 13.6 Å². The molecule has 2 heterocycles. The lowest BCUT2D eigenvalue weighted by Gasteiger charge is -2.27. The van der Waals surface area contributed by atoms with Gasteiger partial charge >= 0.3 is 0 Å². The van der Waals surface area contributed by atoms with Crippen LogP contribution in [0.1, 0.15) is 23.7 Å². The fraction of sp³-hybridized carbons (Fsp3) is 0.333. The van der Waals surface area contributed by atoms with E-state index in [-0.39, 0.29) is 6.04 Å². The van der Waals surface area contributed by atoms with Crippen molar-refractivity contribution in [3.05, 3.63) is 53.7 Å². The number of hydrogen-bond donors (Lipinski definition) is 0. The van der Waals surface area contributed by atoms with Crippen LogP contribution in [0.15, 0.2) is 47.5 Å². The van der Waals surface area contributed by atoms with Crippen LogP contribution >= 0.6 is 23.5 Å². The summed E-state index contributed by atoms with van der Waals surface area (Å²) in [4.78, 5) is 2.34. The maximum Gasteiger partial charge on any atom is 0.136 e. The number of hydrogen-bond acceptors (Lipinski definition) is 5. The lowest BCUT2D eigenvalue weighted by atomic mass is 10.1. The Bertz CT molecular complexity index is 580. The molecule has 0 radical (unpaired) electrons. The molecule has 1 unspecified atom stereocenters. The van der Waals surface area contributed by atoms with E-state index in [1.165, 1.54) is 17.3 Å². The molecule has 0 spiro atoms. The summed E-state index contributed by atoms with van der Waals surface area (Å²) in [5.41, 5.74) is 2.43. The molecule has 0 fully saturated rings. The van der Waals surface area contributed by atoms with E-state index in [2.05, 4.69) is 57.1 Å². The van der Waals surface area contributed by atoms with Crippen LogP contribution in [0.25, 0.3) is 0 Å². The number of rotatable bonds is 4. The second-order valence-electron chi connectivity index (χ2n) is 4.87.